The zero-order valence-corrected chi connectivity index (χ0v) is 14.6. The number of hydrogen-bond donors (Lipinski definition) is 2. The third-order valence-corrected chi connectivity index (χ3v) is 4.52. The average molecular weight is 334 g/mol. The van der Waals surface area contributed by atoms with Gasteiger partial charge in [-0.2, -0.15) is 4.98 Å². The Morgan fingerprint density at radius 3 is 2.52 bits per heavy atom. The van der Waals surface area contributed by atoms with Gasteiger partial charge < -0.3 is 11.1 Å². The summed E-state index contributed by atoms with van der Waals surface area (Å²) in [4.78, 5) is 8.66. The summed E-state index contributed by atoms with van der Waals surface area (Å²) in [6.45, 7) is 6.00. The van der Waals surface area contributed by atoms with Crippen molar-refractivity contribution in [1.29, 1.82) is 0 Å². The Bertz CT molecular complexity index is 817. The first-order chi connectivity index (χ1) is 10.7. The SMILES string of the molecule is CCc1cc(S(C)(=O)=O)ccc1-c1cnc(N)nc1NC(C)C. The minimum absolute atomic E-state index is 0.184. The number of hydrogen-bond acceptors (Lipinski definition) is 6. The summed E-state index contributed by atoms with van der Waals surface area (Å²) in [5.74, 6) is 0.844. The van der Waals surface area contributed by atoms with Gasteiger partial charge in [0.2, 0.25) is 5.95 Å². The number of aromatic nitrogens is 2. The maximum Gasteiger partial charge on any atom is 0.221 e. The van der Waals surface area contributed by atoms with Gasteiger partial charge in [0.05, 0.1) is 4.90 Å². The van der Waals surface area contributed by atoms with Gasteiger partial charge in [-0.1, -0.05) is 13.0 Å². The molecule has 0 bridgehead atoms. The minimum atomic E-state index is -3.24. The minimum Gasteiger partial charge on any atom is -0.368 e. The molecule has 0 atom stereocenters. The number of nitrogens with two attached hydrogens (primary N) is 1. The molecule has 2 rings (SSSR count). The smallest absolute Gasteiger partial charge is 0.221 e. The van der Waals surface area contributed by atoms with Crippen molar-refractivity contribution in [1.82, 2.24) is 9.97 Å². The van der Waals surface area contributed by atoms with Crippen molar-refractivity contribution in [3.8, 4) is 11.1 Å². The molecule has 2 aromatic rings. The summed E-state index contributed by atoms with van der Waals surface area (Å²) in [5.41, 5.74) is 8.33. The lowest BCUT2D eigenvalue weighted by atomic mass is 9.99. The number of nitrogens with one attached hydrogen (secondary N) is 1. The second-order valence-corrected chi connectivity index (χ2v) is 7.75. The number of nitrogen functional groups attached to an aromatic ring is 1. The standard InChI is InChI=1S/C16H22N4O2S/c1-5-11-8-12(23(4,21)22)6-7-13(11)14-9-18-16(17)20-15(14)19-10(2)3/h6-10H,5H2,1-4H3,(H3,17,18,19,20). The van der Waals surface area contributed by atoms with Gasteiger partial charge in [0.15, 0.2) is 9.84 Å². The molecule has 1 heterocycles. The van der Waals surface area contributed by atoms with Crippen molar-refractivity contribution in [2.45, 2.75) is 38.1 Å². The average Bonchev–Trinajstić information content (AvgIpc) is 2.45. The highest BCUT2D eigenvalue weighted by Crippen LogP contribution is 2.31. The van der Waals surface area contributed by atoms with Crippen LogP contribution in [0.5, 0.6) is 0 Å². The van der Waals surface area contributed by atoms with Gasteiger partial charge in [-0.25, -0.2) is 13.4 Å². The third kappa shape index (κ3) is 3.98. The molecular weight excluding hydrogens is 312 g/mol. The van der Waals surface area contributed by atoms with Gasteiger partial charge in [-0.3, -0.25) is 0 Å². The number of aryl methyl sites for hydroxylation is 1. The molecule has 0 amide bonds. The van der Waals surface area contributed by atoms with Gasteiger partial charge in [0.1, 0.15) is 5.82 Å². The molecular formula is C16H22N4O2S. The van der Waals surface area contributed by atoms with Crippen LogP contribution in [0.1, 0.15) is 26.3 Å². The van der Waals surface area contributed by atoms with Crippen molar-refractivity contribution in [3.63, 3.8) is 0 Å². The van der Waals surface area contributed by atoms with Gasteiger partial charge >= 0.3 is 0 Å². The Balaban J connectivity index is 2.62. The van der Waals surface area contributed by atoms with Crippen molar-refractivity contribution in [2.24, 2.45) is 0 Å². The molecule has 0 radical (unpaired) electrons. The Morgan fingerprint density at radius 2 is 1.96 bits per heavy atom. The highest BCUT2D eigenvalue weighted by Gasteiger charge is 2.15. The maximum atomic E-state index is 11.8. The number of sulfone groups is 1. The molecule has 1 aromatic carbocycles. The van der Waals surface area contributed by atoms with E-state index in [2.05, 4.69) is 15.3 Å². The second-order valence-electron chi connectivity index (χ2n) is 5.73. The summed E-state index contributed by atoms with van der Waals surface area (Å²) in [6, 6.07) is 5.30. The molecule has 1 aromatic heterocycles. The van der Waals surface area contributed by atoms with Crippen molar-refractivity contribution >= 4 is 21.6 Å². The molecule has 0 aliphatic rings. The zero-order valence-electron chi connectivity index (χ0n) is 13.8. The van der Waals surface area contributed by atoms with E-state index >= 15 is 0 Å². The third-order valence-electron chi connectivity index (χ3n) is 3.41. The first-order valence-electron chi connectivity index (χ1n) is 7.44. The normalized spacial score (nSPS) is 11.7. The van der Waals surface area contributed by atoms with Gasteiger partial charge in [-0.15, -0.1) is 0 Å². The predicted molar refractivity (Wildman–Crippen MR) is 93.1 cm³/mol. The van der Waals surface area contributed by atoms with Crippen LogP contribution in [0, 0.1) is 0 Å². The molecule has 23 heavy (non-hydrogen) atoms. The van der Waals surface area contributed by atoms with Crippen LogP contribution in [0.3, 0.4) is 0 Å². The van der Waals surface area contributed by atoms with Crippen molar-refractivity contribution in [2.75, 3.05) is 17.3 Å². The van der Waals surface area contributed by atoms with E-state index in [0.29, 0.717) is 17.1 Å². The number of rotatable bonds is 5. The Labute approximate surface area is 137 Å². The highest BCUT2D eigenvalue weighted by molar-refractivity contribution is 7.90. The quantitative estimate of drug-likeness (QED) is 0.872. The fourth-order valence-electron chi connectivity index (χ4n) is 2.33. The zero-order chi connectivity index (χ0) is 17.2. The summed E-state index contributed by atoms with van der Waals surface area (Å²) in [6.07, 6.45) is 3.57. The largest absolute Gasteiger partial charge is 0.368 e. The molecule has 0 aliphatic heterocycles. The van der Waals surface area contributed by atoms with Crippen LogP contribution in [-0.4, -0.2) is 30.7 Å². The van der Waals surface area contributed by atoms with Crippen LogP contribution >= 0.6 is 0 Å². The van der Waals surface area contributed by atoms with Gasteiger partial charge in [-0.05, 0) is 43.5 Å². The van der Waals surface area contributed by atoms with E-state index in [4.69, 9.17) is 5.73 Å². The Kier molecular flexibility index (Phi) is 4.89. The molecule has 0 saturated carbocycles. The van der Waals surface area contributed by atoms with Crippen molar-refractivity contribution < 1.29 is 8.42 Å². The summed E-state index contributed by atoms with van der Waals surface area (Å²) >= 11 is 0. The molecule has 0 fully saturated rings. The fourth-order valence-corrected chi connectivity index (χ4v) is 3.00. The van der Waals surface area contributed by atoms with E-state index in [9.17, 15) is 8.42 Å². The molecule has 7 heteroatoms. The van der Waals surface area contributed by atoms with E-state index < -0.39 is 9.84 Å². The van der Waals surface area contributed by atoms with Crippen molar-refractivity contribution in [3.05, 3.63) is 30.0 Å². The molecule has 3 N–H and O–H groups in total. The first-order valence-corrected chi connectivity index (χ1v) is 9.34. The second kappa shape index (κ2) is 6.54. The maximum absolute atomic E-state index is 11.8. The van der Waals surface area contributed by atoms with Crippen LogP contribution in [-0.2, 0) is 16.3 Å². The molecule has 0 saturated heterocycles. The summed E-state index contributed by atoms with van der Waals surface area (Å²) < 4.78 is 23.5. The Morgan fingerprint density at radius 1 is 1.26 bits per heavy atom. The summed E-state index contributed by atoms with van der Waals surface area (Å²) in [5, 5.41) is 3.26. The van der Waals surface area contributed by atoms with E-state index in [1.807, 2.05) is 20.8 Å². The lowest BCUT2D eigenvalue weighted by Gasteiger charge is -2.16. The molecule has 0 unspecified atom stereocenters. The van der Waals surface area contributed by atoms with Gasteiger partial charge in [0, 0.05) is 24.1 Å². The highest BCUT2D eigenvalue weighted by atomic mass is 32.2. The molecule has 0 aliphatic carbocycles. The predicted octanol–water partition coefficient (Wildman–Crippen LogP) is 2.51. The number of nitrogens with zero attached hydrogens (tertiary/aromatic N) is 2. The van der Waals surface area contributed by atoms with E-state index in [-0.39, 0.29) is 12.0 Å². The van der Waals surface area contributed by atoms with Crippen LogP contribution in [0.4, 0.5) is 11.8 Å². The van der Waals surface area contributed by atoms with E-state index in [1.54, 1.807) is 24.4 Å². The molecule has 0 spiro atoms. The van der Waals surface area contributed by atoms with E-state index in [1.165, 1.54) is 6.26 Å². The van der Waals surface area contributed by atoms with Crippen LogP contribution in [0.2, 0.25) is 0 Å². The van der Waals surface area contributed by atoms with Crippen LogP contribution in [0.15, 0.2) is 29.3 Å². The first kappa shape index (κ1) is 17.2. The topological polar surface area (TPSA) is 98.0 Å². The fraction of sp³-hybridized carbons (Fsp3) is 0.375. The van der Waals surface area contributed by atoms with Gasteiger partial charge in [0.25, 0.3) is 0 Å². The lowest BCUT2D eigenvalue weighted by molar-refractivity contribution is 0.602. The number of anilines is 2. The lowest BCUT2D eigenvalue weighted by Crippen LogP contribution is -2.13. The Hall–Kier alpha value is -2.15. The van der Waals surface area contributed by atoms with Crippen LogP contribution < -0.4 is 11.1 Å². The van der Waals surface area contributed by atoms with Crippen LogP contribution in [0.25, 0.3) is 11.1 Å². The monoisotopic (exact) mass is 334 g/mol. The van der Waals surface area contributed by atoms with E-state index in [0.717, 1.165) is 16.7 Å². The molecule has 124 valence electrons. The summed E-state index contributed by atoms with van der Waals surface area (Å²) in [7, 11) is -3.24. The molecule has 6 nitrogen and oxygen atoms in total. The number of benzene rings is 1.